The van der Waals surface area contributed by atoms with Crippen LogP contribution in [-0.4, -0.2) is 36.1 Å². The molecule has 1 saturated heterocycles. The van der Waals surface area contributed by atoms with Gasteiger partial charge in [-0.2, -0.15) is 0 Å². The molecule has 0 aliphatic carbocycles. The molecule has 23 heavy (non-hydrogen) atoms. The minimum atomic E-state index is -0.290. The number of aromatic nitrogens is 2. The fraction of sp³-hybridized carbons (Fsp3) is 0.444. The van der Waals surface area contributed by atoms with Gasteiger partial charge in [0.25, 0.3) is 0 Å². The first kappa shape index (κ1) is 15.9. The Morgan fingerprint density at radius 1 is 1.13 bits per heavy atom. The van der Waals surface area contributed by atoms with Gasteiger partial charge in [-0.25, -0.2) is 14.4 Å². The van der Waals surface area contributed by atoms with Crippen molar-refractivity contribution in [3.8, 4) is 11.4 Å². The lowest BCUT2D eigenvalue weighted by Gasteiger charge is -2.33. The highest BCUT2D eigenvalue weighted by Gasteiger charge is 2.25. The molecule has 0 amide bonds. The molecule has 1 aliphatic rings. The highest BCUT2D eigenvalue weighted by Crippen LogP contribution is 2.32. The molecule has 0 unspecified atom stereocenters. The molecule has 5 heteroatoms. The van der Waals surface area contributed by atoms with E-state index in [-0.39, 0.29) is 11.2 Å². The Hall–Kier alpha value is -2.01. The molecule has 1 fully saturated rings. The highest BCUT2D eigenvalue weighted by atomic mass is 19.1. The number of hydrogen-bond acceptors (Lipinski definition) is 4. The number of benzene rings is 1. The standard InChI is InChI=1S/C18H23FN4/c1-18(2,3)16-15(23-10-8-20-9-11-23)12-21-17(22-16)13-6-4-5-7-14(13)19/h4-7,12,20H,8-11H2,1-3H3. The number of halogens is 1. The second-order valence-corrected chi connectivity index (χ2v) is 6.89. The van der Waals surface area contributed by atoms with E-state index >= 15 is 0 Å². The topological polar surface area (TPSA) is 41.1 Å². The summed E-state index contributed by atoms with van der Waals surface area (Å²) in [5.74, 6) is 0.161. The van der Waals surface area contributed by atoms with Crippen LogP contribution in [0.1, 0.15) is 26.5 Å². The van der Waals surface area contributed by atoms with Crippen LogP contribution in [0.4, 0.5) is 10.1 Å². The lowest BCUT2D eigenvalue weighted by molar-refractivity contribution is 0.547. The quantitative estimate of drug-likeness (QED) is 0.925. The lowest BCUT2D eigenvalue weighted by Crippen LogP contribution is -2.44. The van der Waals surface area contributed by atoms with Crippen molar-refractivity contribution in [1.29, 1.82) is 0 Å². The first-order valence-electron chi connectivity index (χ1n) is 8.05. The van der Waals surface area contributed by atoms with Crippen molar-refractivity contribution in [3.05, 3.63) is 42.0 Å². The summed E-state index contributed by atoms with van der Waals surface area (Å²) in [4.78, 5) is 11.5. The maximum absolute atomic E-state index is 14.1. The zero-order valence-electron chi connectivity index (χ0n) is 13.9. The van der Waals surface area contributed by atoms with E-state index in [4.69, 9.17) is 4.98 Å². The second kappa shape index (κ2) is 6.24. The molecule has 3 rings (SSSR count). The summed E-state index contributed by atoms with van der Waals surface area (Å²) in [5.41, 5.74) is 2.33. The van der Waals surface area contributed by atoms with Gasteiger partial charge in [0.15, 0.2) is 5.82 Å². The predicted octanol–water partition coefficient (Wildman–Crippen LogP) is 2.99. The smallest absolute Gasteiger partial charge is 0.162 e. The summed E-state index contributed by atoms with van der Waals surface area (Å²) in [6, 6.07) is 6.66. The summed E-state index contributed by atoms with van der Waals surface area (Å²) in [5, 5.41) is 3.36. The molecule has 0 saturated carbocycles. The number of rotatable bonds is 2. The summed E-state index contributed by atoms with van der Waals surface area (Å²) < 4.78 is 14.1. The third kappa shape index (κ3) is 3.34. The third-order valence-electron chi connectivity index (χ3n) is 4.05. The SMILES string of the molecule is CC(C)(C)c1nc(-c2ccccc2F)ncc1N1CCNCC1. The van der Waals surface area contributed by atoms with E-state index < -0.39 is 0 Å². The largest absolute Gasteiger partial charge is 0.366 e. The fourth-order valence-corrected chi connectivity index (χ4v) is 2.84. The summed E-state index contributed by atoms with van der Waals surface area (Å²) in [7, 11) is 0. The Morgan fingerprint density at radius 3 is 2.48 bits per heavy atom. The van der Waals surface area contributed by atoms with Crippen molar-refractivity contribution < 1.29 is 4.39 Å². The number of hydrogen-bond donors (Lipinski definition) is 1. The predicted molar refractivity (Wildman–Crippen MR) is 91.2 cm³/mol. The van der Waals surface area contributed by atoms with Gasteiger partial charge in [0.1, 0.15) is 5.82 Å². The molecule has 2 heterocycles. The Bertz CT molecular complexity index is 688. The molecule has 2 aromatic rings. The van der Waals surface area contributed by atoms with Crippen molar-refractivity contribution in [2.75, 3.05) is 31.1 Å². The van der Waals surface area contributed by atoms with E-state index in [2.05, 4.69) is 36.0 Å². The van der Waals surface area contributed by atoms with Gasteiger partial charge in [0.2, 0.25) is 0 Å². The Labute approximate surface area is 136 Å². The molecular formula is C18H23FN4. The van der Waals surface area contributed by atoms with Crippen molar-refractivity contribution in [3.63, 3.8) is 0 Å². The molecular weight excluding hydrogens is 291 g/mol. The van der Waals surface area contributed by atoms with E-state index in [0.29, 0.717) is 11.4 Å². The van der Waals surface area contributed by atoms with E-state index in [1.807, 2.05) is 12.3 Å². The van der Waals surface area contributed by atoms with Gasteiger partial charge in [-0.05, 0) is 12.1 Å². The minimum absolute atomic E-state index is 0.136. The Balaban J connectivity index is 2.07. The molecule has 0 atom stereocenters. The first-order chi connectivity index (χ1) is 11.0. The minimum Gasteiger partial charge on any atom is -0.366 e. The van der Waals surface area contributed by atoms with Crippen LogP contribution < -0.4 is 10.2 Å². The third-order valence-corrected chi connectivity index (χ3v) is 4.05. The average Bonchev–Trinajstić information content (AvgIpc) is 2.55. The van der Waals surface area contributed by atoms with Crippen LogP contribution in [0.25, 0.3) is 11.4 Å². The maximum atomic E-state index is 14.1. The Morgan fingerprint density at radius 2 is 1.83 bits per heavy atom. The van der Waals surface area contributed by atoms with Gasteiger partial charge in [-0.15, -0.1) is 0 Å². The van der Waals surface area contributed by atoms with E-state index in [0.717, 1.165) is 37.6 Å². The monoisotopic (exact) mass is 314 g/mol. The van der Waals surface area contributed by atoms with Crippen molar-refractivity contribution in [2.45, 2.75) is 26.2 Å². The first-order valence-corrected chi connectivity index (χ1v) is 8.05. The zero-order chi connectivity index (χ0) is 16.4. The number of piperazine rings is 1. The van der Waals surface area contributed by atoms with Crippen molar-refractivity contribution in [1.82, 2.24) is 15.3 Å². The summed E-state index contributed by atoms with van der Waals surface area (Å²) in [6.45, 7) is 10.2. The molecule has 1 aromatic heterocycles. The summed E-state index contributed by atoms with van der Waals surface area (Å²) in [6.07, 6.45) is 1.85. The molecule has 0 radical (unpaired) electrons. The van der Waals surface area contributed by atoms with Gasteiger partial charge in [-0.1, -0.05) is 32.9 Å². The number of nitrogens with one attached hydrogen (secondary N) is 1. The number of anilines is 1. The molecule has 0 spiro atoms. The van der Waals surface area contributed by atoms with Crippen LogP contribution in [0.2, 0.25) is 0 Å². The van der Waals surface area contributed by atoms with Gasteiger partial charge in [0, 0.05) is 31.6 Å². The molecule has 1 aliphatic heterocycles. The van der Waals surface area contributed by atoms with Crippen LogP contribution >= 0.6 is 0 Å². The molecule has 4 nitrogen and oxygen atoms in total. The molecule has 1 aromatic carbocycles. The second-order valence-electron chi connectivity index (χ2n) is 6.89. The highest BCUT2D eigenvalue weighted by molar-refractivity contribution is 5.60. The fourth-order valence-electron chi connectivity index (χ4n) is 2.84. The number of nitrogens with zero attached hydrogens (tertiary/aromatic N) is 3. The van der Waals surface area contributed by atoms with Crippen LogP contribution in [-0.2, 0) is 5.41 Å². The van der Waals surface area contributed by atoms with Gasteiger partial charge < -0.3 is 10.2 Å². The van der Waals surface area contributed by atoms with E-state index in [9.17, 15) is 4.39 Å². The van der Waals surface area contributed by atoms with E-state index in [1.165, 1.54) is 6.07 Å². The van der Waals surface area contributed by atoms with Crippen molar-refractivity contribution in [2.24, 2.45) is 0 Å². The normalized spacial score (nSPS) is 15.7. The van der Waals surface area contributed by atoms with Gasteiger partial charge in [0.05, 0.1) is 23.1 Å². The maximum Gasteiger partial charge on any atom is 0.162 e. The average molecular weight is 314 g/mol. The molecule has 1 N–H and O–H groups in total. The van der Waals surface area contributed by atoms with Crippen molar-refractivity contribution >= 4 is 5.69 Å². The molecule has 0 bridgehead atoms. The molecule has 122 valence electrons. The van der Waals surface area contributed by atoms with Gasteiger partial charge >= 0.3 is 0 Å². The van der Waals surface area contributed by atoms with Crippen LogP contribution in [0, 0.1) is 5.82 Å². The van der Waals surface area contributed by atoms with Crippen LogP contribution in [0.5, 0.6) is 0 Å². The van der Waals surface area contributed by atoms with Crippen LogP contribution in [0.15, 0.2) is 30.5 Å². The van der Waals surface area contributed by atoms with E-state index in [1.54, 1.807) is 12.1 Å². The zero-order valence-corrected chi connectivity index (χ0v) is 13.9. The Kier molecular flexibility index (Phi) is 4.31. The lowest BCUT2D eigenvalue weighted by atomic mass is 9.90. The summed E-state index contributed by atoms with van der Waals surface area (Å²) >= 11 is 0. The van der Waals surface area contributed by atoms with Crippen LogP contribution in [0.3, 0.4) is 0 Å². The van der Waals surface area contributed by atoms with Gasteiger partial charge in [-0.3, -0.25) is 0 Å².